The average molecular weight is 496 g/mol. The van der Waals surface area contributed by atoms with Gasteiger partial charge in [-0.15, -0.1) is 0 Å². The van der Waals surface area contributed by atoms with E-state index in [9.17, 15) is 13.2 Å². The predicted molar refractivity (Wildman–Crippen MR) is 136 cm³/mol. The van der Waals surface area contributed by atoms with Crippen LogP contribution in [0.1, 0.15) is 15.9 Å². The molecule has 1 amide bonds. The van der Waals surface area contributed by atoms with Gasteiger partial charge in [0.2, 0.25) is 0 Å². The molecular weight excluding hydrogens is 470 g/mol. The standard InChI is InChI=1S/C25H25N3O4S2/c1-18-11-13-20(14-12-18)27(2)34(30,31)21-8-6-7-19(17-21)24(29)28(15-16-32-3)25-26-22-9-4-5-10-23(22)33-25/h4-14,17H,15-16H2,1-3H3. The Labute approximate surface area is 203 Å². The zero-order valence-electron chi connectivity index (χ0n) is 19.1. The van der Waals surface area contributed by atoms with Gasteiger partial charge in [-0.05, 0) is 49.4 Å². The number of anilines is 2. The van der Waals surface area contributed by atoms with Gasteiger partial charge in [-0.25, -0.2) is 13.4 Å². The molecule has 176 valence electrons. The average Bonchev–Trinajstić information content (AvgIpc) is 3.28. The molecule has 0 saturated heterocycles. The van der Waals surface area contributed by atoms with Crippen molar-refractivity contribution in [2.24, 2.45) is 0 Å². The van der Waals surface area contributed by atoms with Crippen molar-refractivity contribution in [1.29, 1.82) is 0 Å². The number of aryl methyl sites for hydroxylation is 1. The molecule has 0 aliphatic rings. The Hall–Kier alpha value is -3.27. The van der Waals surface area contributed by atoms with Crippen LogP contribution in [-0.4, -0.2) is 46.6 Å². The second-order valence-electron chi connectivity index (χ2n) is 7.75. The normalized spacial score (nSPS) is 11.5. The summed E-state index contributed by atoms with van der Waals surface area (Å²) < 4.78 is 34.0. The fourth-order valence-corrected chi connectivity index (χ4v) is 5.67. The topological polar surface area (TPSA) is 79.8 Å². The van der Waals surface area contributed by atoms with E-state index >= 15 is 0 Å². The molecule has 0 unspecified atom stereocenters. The van der Waals surface area contributed by atoms with Crippen LogP contribution in [-0.2, 0) is 14.8 Å². The Bertz CT molecular complexity index is 1380. The molecule has 0 atom stereocenters. The Morgan fingerprint density at radius 2 is 1.76 bits per heavy atom. The van der Waals surface area contributed by atoms with E-state index in [-0.39, 0.29) is 22.9 Å². The van der Waals surface area contributed by atoms with Crippen LogP contribution in [0.2, 0.25) is 0 Å². The van der Waals surface area contributed by atoms with Crippen LogP contribution in [0.15, 0.2) is 77.7 Å². The lowest BCUT2D eigenvalue weighted by Crippen LogP contribution is -2.34. The van der Waals surface area contributed by atoms with Gasteiger partial charge >= 0.3 is 0 Å². The third kappa shape index (κ3) is 4.82. The number of sulfonamides is 1. The van der Waals surface area contributed by atoms with Gasteiger partial charge in [0.1, 0.15) is 0 Å². The van der Waals surface area contributed by atoms with Gasteiger partial charge in [-0.1, -0.05) is 47.2 Å². The van der Waals surface area contributed by atoms with Crippen molar-refractivity contribution >= 4 is 48.3 Å². The van der Waals surface area contributed by atoms with Gasteiger partial charge in [0, 0.05) is 19.7 Å². The minimum Gasteiger partial charge on any atom is -0.383 e. The Morgan fingerprint density at radius 1 is 1.03 bits per heavy atom. The molecule has 0 saturated carbocycles. The van der Waals surface area contributed by atoms with Crippen LogP contribution in [0.25, 0.3) is 10.2 Å². The van der Waals surface area contributed by atoms with Crippen LogP contribution in [0, 0.1) is 6.92 Å². The molecule has 0 N–H and O–H groups in total. The summed E-state index contributed by atoms with van der Waals surface area (Å²) in [5.41, 5.74) is 2.63. The molecule has 9 heteroatoms. The monoisotopic (exact) mass is 495 g/mol. The number of thiazole rings is 1. The predicted octanol–water partition coefficient (Wildman–Crippen LogP) is 4.72. The van der Waals surface area contributed by atoms with E-state index in [0.29, 0.717) is 17.4 Å². The molecule has 0 aliphatic carbocycles. The summed E-state index contributed by atoms with van der Waals surface area (Å²) in [5, 5.41) is 0.535. The molecule has 4 rings (SSSR count). The number of carbonyl (C=O) groups is 1. The minimum absolute atomic E-state index is 0.0393. The number of benzene rings is 3. The lowest BCUT2D eigenvalue weighted by molar-refractivity contribution is 0.0975. The fraction of sp³-hybridized carbons (Fsp3) is 0.200. The number of methoxy groups -OCH3 is 1. The number of nitrogens with zero attached hydrogens (tertiary/aromatic N) is 3. The van der Waals surface area contributed by atoms with Crippen LogP contribution in [0.3, 0.4) is 0 Å². The van der Waals surface area contributed by atoms with Gasteiger partial charge < -0.3 is 4.74 Å². The molecule has 4 aromatic rings. The highest BCUT2D eigenvalue weighted by atomic mass is 32.2. The van der Waals surface area contributed by atoms with Crippen molar-refractivity contribution in [3.8, 4) is 0 Å². The van der Waals surface area contributed by atoms with Gasteiger partial charge in [0.25, 0.3) is 15.9 Å². The maximum absolute atomic E-state index is 13.5. The molecule has 1 aromatic heterocycles. The number of aromatic nitrogens is 1. The summed E-state index contributed by atoms with van der Waals surface area (Å²) in [7, 11) is -0.799. The number of amides is 1. The summed E-state index contributed by atoms with van der Waals surface area (Å²) in [6, 6.07) is 21.0. The summed E-state index contributed by atoms with van der Waals surface area (Å²) in [5.74, 6) is -0.342. The van der Waals surface area contributed by atoms with E-state index in [1.54, 1.807) is 31.4 Å². The van der Waals surface area contributed by atoms with E-state index in [1.807, 2.05) is 43.3 Å². The van der Waals surface area contributed by atoms with Crippen LogP contribution >= 0.6 is 11.3 Å². The number of hydrogen-bond acceptors (Lipinski definition) is 6. The number of carbonyl (C=O) groups excluding carboxylic acids is 1. The number of ether oxygens (including phenoxy) is 1. The Balaban J connectivity index is 1.67. The lowest BCUT2D eigenvalue weighted by atomic mass is 10.2. The first kappa shape index (κ1) is 23.9. The Kier molecular flexibility index (Phi) is 6.97. The third-order valence-corrected chi connectivity index (χ3v) is 8.26. The molecule has 0 aliphatic heterocycles. The van der Waals surface area contributed by atoms with Crippen molar-refractivity contribution in [3.63, 3.8) is 0 Å². The van der Waals surface area contributed by atoms with Gasteiger partial charge in [0.15, 0.2) is 5.13 Å². The van der Waals surface area contributed by atoms with Crippen molar-refractivity contribution in [3.05, 3.63) is 83.9 Å². The molecule has 1 heterocycles. The molecule has 0 spiro atoms. The first-order valence-electron chi connectivity index (χ1n) is 10.6. The van der Waals surface area contributed by atoms with Crippen molar-refractivity contribution in [2.45, 2.75) is 11.8 Å². The summed E-state index contributed by atoms with van der Waals surface area (Å²) in [6.07, 6.45) is 0. The maximum Gasteiger partial charge on any atom is 0.264 e. The fourth-order valence-electron chi connectivity index (χ4n) is 3.44. The number of rotatable bonds is 8. The van der Waals surface area contributed by atoms with Crippen molar-refractivity contribution < 1.29 is 17.9 Å². The van der Waals surface area contributed by atoms with Gasteiger partial charge in [0.05, 0.1) is 34.0 Å². The highest BCUT2D eigenvalue weighted by Crippen LogP contribution is 2.30. The highest BCUT2D eigenvalue weighted by molar-refractivity contribution is 7.92. The lowest BCUT2D eigenvalue weighted by Gasteiger charge is -2.22. The quantitative estimate of drug-likeness (QED) is 0.353. The van der Waals surface area contributed by atoms with E-state index in [2.05, 4.69) is 4.98 Å². The van der Waals surface area contributed by atoms with Crippen LogP contribution in [0.5, 0.6) is 0 Å². The third-order valence-electron chi connectivity index (χ3n) is 5.41. The number of hydrogen-bond donors (Lipinski definition) is 0. The smallest absolute Gasteiger partial charge is 0.264 e. The Morgan fingerprint density at radius 3 is 2.47 bits per heavy atom. The van der Waals surface area contributed by atoms with E-state index in [4.69, 9.17) is 4.74 Å². The largest absolute Gasteiger partial charge is 0.383 e. The number of fused-ring (bicyclic) bond motifs is 1. The zero-order valence-corrected chi connectivity index (χ0v) is 20.8. The molecule has 0 fully saturated rings. The van der Waals surface area contributed by atoms with Crippen LogP contribution < -0.4 is 9.21 Å². The molecule has 7 nitrogen and oxygen atoms in total. The summed E-state index contributed by atoms with van der Waals surface area (Å²) in [6.45, 7) is 2.54. The maximum atomic E-state index is 13.5. The molecule has 3 aromatic carbocycles. The number of para-hydroxylation sites is 1. The minimum atomic E-state index is -3.86. The second kappa shape index (κ2) is 9.92. The van der Waals surface area contributed by atoms with E-state index in [0.717, 1.165) is 15.8 Å². The van der Waals surface area contributed by atoms with Crippen LogP contribution in [0.4, 0.5) is 10.8 Å². The van der Waals surface area contributed by atoms with Gasteiger partial charge in [-0.3, -0.25) is 14.0 Å². The second-order valence-corrected chi connectivity index (χ2v) is 10.7. The van der Waals surface area contributed by atoms with E-state index < -0.39 is 10.0 Å². The first-order valence-corrected chi connectivity index (χ1v) is 12.9. The van der Waals surface area contributed by atoms with Crippen molar-refractivity contribution in [1.82, 2.24) is 4.98 Å². The summed E-state index contributed by atoms with van der Waals surface area (Å²) >= 11 is 1.40. The zero-order chi connectivity index (χ0) is 24.3. The molecule has 0 radical (unpaired) electrons. The van der Waals surface area contributed by atoms with E-state index in [1.165, 1.54) is 39.7 Å². The first-order chi connectivity index (χ1) is 16.3. The van der Waals surface area contributed by atoms with Gasteiger partial charge in [-0.2, -0.15) is 0 Å². The summed E-state index contributed by atoms with van der Waals surface area (Å²) in [4.78, 5) is 19.7. The molecule has 0 bridgehead atoms. The SMILES string of the molecule is COCCN(C(=O)c1cccc(S(=O)(=O)N(C)c2ccc(C)cc2)c1)c1nc2ccccc2s1. The molecular formula is C25H25N3O4S2. The molecule has 34 heavy (non-hydrogen) atoms. The van der Waals surface area contributed by atoms with Crippen molar-refractivity contribution in [2.75, 3.05) is 36.5 Å². The highest BCUT2D eigenvalue weighted by Gasteiger charge is 2.25.